The van der Waals surface area contributed by atoms with Gasteiger partial charge in [-0.25, -0.2) is 14.6 Å². The van der Waals surface area contributed by atoms with Crippen LogP contribution in [0.3, 0.4) is 0 Å². The Hall–Kier alpha value is -4.13. The quantitative estimate of drug-likeness (QED) is 0.249. The van der Waals surface area contributed by atoms with Gasteiger partial charge >= 0.3 is 12.0 Å². The van der Waals surface area contributed by atoms with Crippen molar-refractivity contribution >= 4 is 28.7 Å². The van der Waals surface area contributed by atoms with Gasteiger partial charge in [-0.15, -0.1) is 0 Å². The lowest BCUT2D eigenvalue weighted by Crippen LogP contribution is -2.46. The summed E-state index contributed by atoms with van der Waals surface area (Å²) in [5, 5.41) is 12.5. The number of amides is 2. The predicted octanol–water partition coefficient (Wildman–Crippen LogP) is 7.19. The number of benzene rings is 3. The number of nitrogens with one attached hydrogen (secondary N) is 1. The predicted molar refractivity (Wildman–Crippen MR) is 160 cm³/mol. The van der Waals surface area contributed by atoms with Crippen LogP contribution in [0.25, 0.3) is 22.2 Å². The van der Waals surface area contributed by atoms with Crippen LogP contribution in [0.4, 0.5) is 10.5 Å². The van der Waals surface area contributed by atoms with Crippen LogP contribution < -0.4 is 10.2 Å². The second kappa shape index (κ2) is 11.9. The maximum Gasteiger partial charge on any atom is 0.336 e. The summed E-state index contributed by atoms with van der Waals surface area (Å²) in [6, 6.07) is 19.5. The molecule has 7 heteroatoms. The highest BCUT2D eigenvalue weighted by Gasteiger charge is 2.27. The van der Waals surface area contributed by atoms with E-state index in [1.165, 1.54) is 6.42 Å². The van der Waals surface area contributed by atoms with Crippen molar-refractivity contribution in [2.75, 3.05) is 11.9 Å². The molecular weight excluding hydrogens is 500 g/mol. The van der Waals surface area contributed by atoms with E-state index in [2.05, 4.69) is 48.0 Å². The molecule has 1 saturated carbocycles. The third-order valence-corrected chi connectivity index (χ3v) is 8.00. The zero-order valence-corrected chi connectivity index (χ0v) is 23.6. The molecule has 40 heavy (non-hydrogen) atoms. The largest absolute Gasteiger partial charge is 0.478 e. The minimum absolute atomic E-state index is 0.0669. The molecule has 2 N–H and O–H groups in total. The van der Waals surface area contributed by atoms with Gasteiger partial charge in [0.1, 0.15) is 5.82 Å². The first kappa shape index (κ1) is 27.4. The van der Waals surface area contributed by atoms with Gasteiger partial charge in [0.05, 0.1) is 16.6 Å². The van der Waals surface area contributed by atoms with Crippen LogP contribution in [0.2, 0.25) is 0 Å². The maximum atomic E-state index is 13.1. The van der Waals surface area contributed by atoms with E-state index >= 15 is 0 Å². The van der Waals surface area contributed by atoms with Crippen molar-refractivity contribution in [3.63, 3.8) is 0 Å². The molecule has 1 heterocycles. The molecule has 1 fully saturated rings. The second-order valence-corrected chi connectivity index (χ2v) is 10.8. The number of nitrogens with zero attached hydrogens (tertiary/aromatic N) is 3. The van der Waals surface area contributed by atoms with Crippen LogP contribution in [-0.2, 0) is 13.0 Å². The number of carboxylic acid groups (broad SMARTS) is 1. The van der Waals surface area contributed by atoms with Crippen molar-refractivity contribution < 1.29 is 14.7 Å². The molecule has 0 aliphatic heterocycles. The highest BCUT2D eigenvalue weighted by Crippen LogP contribution is 2.33. The number of imidazole rings is 1. The van der Waals surface area contributed by atoms with E-state index in [0.29, 0.717) is 17.7 Å². The van der Waals surface area contributed by atoms with E-state index < -0.39 is 5.97 Å². The van der Waals surface area contributed by atoms with Crippen molar-refractivity contribution in [1.29, 1.82) is 0 Å². The number of hydrogen-bond acceptors (Lipinski definition) is 3. The average molecular weight is 539 g/mol. The Morgan fingerprint density at radius 3 is 2.45 bits per heavy atom. The number of aromatic nitrogens is 2. The fourth-order valence-electron chi connectivity index (χ4n) is 6.00. The first-order valence-electron chi connectivity index (χ1n) is 14.3. The van der Waals surface area contributed by atoms with Gasteiger partial charge in [0.2, 0.25) is 0 Å². The normalized spacial score (nSPS) is 13.9. The Morgan fingerprint density at radius 2 is 1.77 bits per heavy atom. The van der Waals surface area contributed by atoms with Gasteiger partial charge in [0.25, 0.3) is 0 Å². The van der Waals surface area contributed by atoms with Gasteiger partial charge in [-0.1, -0.05) is 68.7 Å². The number of carboxylic acids is 1. The Morgan fingerprint density at radius 1 is 1.05 bits per heavy atom. The molecule has 208 valence electrons. The zero-order valence-electron chi connectivity index (χ0n) is 23.6. The van der Waals surface area contributed by atoms with E-state index in [1.807, 2.05) is 29.2 Å². The smallest absolute Gasteiger partial charge is 0.336 e. The molecule has 0 spiro atoms. The van der Waals surface area contributed by atoms with E-state index in [1.54, 1.807) is 19.2 Å². The molecule has 0 saturated heterocycles. The van der Waals surface area contributed by atoms with Crippen molar-refractivity contribution in [2.24, 2.45) is 0 Å². The Kier molecular flexibility index (Phi) is 8.19. The minimum Gasteiger partial charge on any atom is -0.478 e. The maximum absolute atomic E-state index is 13.1. The van der Waals surface area contributed by atoms with Crippen LogP contribution in [0.5, 0.6) is 0 Å². The molecule has 5 rings (SSSR count). The molecule has 0 unspecified atom stereocenters. The fraction of sp³-hybridized carbons (Fsp3) is 0.364. The minimum atomic E-state index is -0.932. The first-order valence-corrected chi connectivity index (χ1v) is 14.3. The number of rotatable bonds is 8. The van der Waals surface area contributed by atoms with Crippen LogP contribution in [-0.4, -0.2) is 39.7 Å². The molecule has 7 nitrogen and oxygen atoms in total. The summed E-state index contributed by atoms with van der Waals surface area (Å²) in [7, 11) is 1.70. The highest BCUT2D eigenvalue weighted by atomic mass is 16.4. The Bertz CT molecular complexity index is 1520. The van der Waals surface area contributed by atoms with Crippen molar-refractivity contribution in [2.45, 2.75) is 71.4 Å². The van der Waals surface area contributed by atoms with Crippen LogP contribution in [0.15, 0.2) is 60.7 Å². The summed E-state index contributed by atoms with van der Waals surface area (Å²) < 4.78 is 2.28. The summed E-state index contributed by atoms with van der Waals surface area (Å²) in [4.78, 5) is 31.8. The monoisotopic (exact) mass is 538 g/mol. The fourth-order valence-corrected chi connectivity index (χ4v) is 6.00. The molecule has 1 aliphatic carbocycles. The van der Waals surface area contributed by atoms with Gasteiger partial charge in [-0.05, 0) is 66.6 Å². The lowest BCUT2D eigenvalue weighted by Gasteiger charge is -2.34. The standard InChI is InChI=1S/C33H38N4O3/c1-4-10-30-35-31-22(2)19-26(37(33(40)34-3)25-11-6-5-7-12-25)20-29(31)36(30)21-23-15-17-24(18-16-23)27-13-8-9-14-28(27)32(38)39/h8-9,13-20,25H,4-7,10-12,21H2,1-3H3,(H,34,40)(H,38,39). The zero-order chi connectivity index (χ0) is 28.2. The number of fused-ring (bicyclic) bond motifs is 1. The van der Waals surface area contributed by atoms with Gasteiger partial charge < -0.3 is 15.0 Å². The number of aromatic carboxylic acids is 1. The molecule has 1 aliphatic rings. The molecular formula is C33H38N4O3. The third kappa shape index (κ3) is 5.46. The number of carbonyl (C=O) groups is 2. The van der Waals surface area contributed by atoms with Crippen molar-refractivity contribution in [1.82, 2.24) is 14.9 Å². The molecule has 2 amide bonds. The lowest BCUT2D eigenvalue weighted by molar-refractivity contribution is 0.0697. The Labute approximate surface area is 235 Å². The number of urea groups is 1. The number of carbonyl (C=O) groups excluding carboxylic acids is 1. The molecule has 3 aromatic carbocycles. The van der Waals surface area contributed by atoms with Crippen LogP contribution in [0.1, 0.15) is 72.8 Å². The van der Waals surface area contributed by atoms with E-state index in [-0.39, 0.29) is 12.1 Å². The summed E-state index contributed by atoms with van der Waals surface area (Å²) in [6.45, 7) is 4.88. The van der Waals surface area contributed by atoms with Gasteiger partial charge in [0.15, 0.2) is 0 Å². The molecule has 0 bridgehead atoms. The summed E-state index contributed by atoms with van der Waals surface area (Å²) in [5.74, 6) is 0.0983. The van der Waals surface area contributed by atoms with Crippen LogP contribution >= 0.6 is 0 Å². The molecule has 0 atom stereocenters. The molecule has 4 aromatic rings. The van der Waals surface area contributed by atoms with E-state index in [9.17, 15) is 14.7 Å². The van der Waals surface area contributed by atoms with Crippen molar-refractivity contribution in [3.05, 3.63) is 83.2 Å². The third-order valence-electron chi connectivity index (χ3n) is 8.00. The first-order chi connectivity index (χ1) is 19.4. The summed E-state index contributed by atoms with van der Waals surface area (Å²) in [5.41, 5.74) is 6.96. The van der Waals surface area contributed by atoms with Gasteiger partial charge in [-0.2, -0.15) is 0 Å². The van der Waals surface area contributed by atoms with Crippen LogP contribution in [0, 0.1) is 6.92 Å². The topological polar surface area (TPSA) is 87.5 Å². The lowest BCUT2D eigenvalue weighted by atomic mass is 9.93. The Balaban J connectivity index is 1.54. The number of hydrogen-bond donors (Lipinski definition) is 2. The molecule has 1 aromatic heterocycles. The number of aryl methyl sites for hydroxylation is 2. The van der Waals surface area contributed by atoms with Crippen molar-refractivity contribution in [3.8, 4) is 11.1 Å². The van der Waals surface area contributed by atoms with E-state index in [4.69, 9.17) is 4.98 Å². The van der Waals surface area contributed by atoms with Gasteiger partial charge in [0, 0.05) is 31.7 Å². The number of anilines is 1. The van der Waals surface area contributed by atoms with E-state index in [0.717, 1.165) is 77.8 Å². The molecule has 0 radical (unpaired) electrons. The highest BCUT2D eigenvalue weighted by molar-refractivity contribution is 5.96. The summed E-state index contributed by atoms with van der Waals surface area (Å²) in [6.07, 6.45) is 7.38. The summed E-state index contributed by atoms with van der Waals surface area (Å²) >= 11 is 0. The average Bonchev–Trinajstić information content (AvgIpc) is 3.31. The van der Waals surface area contributed by atoms with Gasteiger partial charge in [-0.3, -0.25) is 4.90 Å². The second-order valence-electron chi connectivity index (χ2n) is 10.8. The SMILES string of the molecule is CCCc1nc2c(C)cc(N(C(=O)NC)C3CCCCC3)cc2n1Cc1ccc(-c2ccccc2C(=O)O)cc1.